The third-order valence-corrected chi connectivity index (χ3v) is 7.35. The molecule has 0 atom stereocenters. The van der Waals surface area contributed by atoms with Gasteiger partial charge in [-0.25, -0.2) is 4.98 Å². The second kappa shape index (κ2) is 8.46. The van der Waals surface area contributed by atoms with Crippen molar-refractivity contribution in [3.63, 3.8) is 0 Å². The highest BCUT2D eigenvalue weighted by molar-refractivity contribution is 6.06. The Balaban J connectivity index is 1.51. The van der Waals surface area contributed by atoms with E-state index in [4.69, 9.17) is 9.40 Å². The molecule has 0 aliphatic carbocycles. The lowest BCUT2D eigenvalue weighted by Gasteiger charge is -2.25. The van der Waals surface area contributed by atoms with Crippen LogP contribution in [0, 0.1) is 0 Å². The number of para-hydroxylation sites is 3. The van der Waals surface area contributed by atoms with Gasteiger partial charge in [0.1, 0.15) is 17.0 Å². The minimum atomic E-state index is -0.0759. The number of fused-ring (bicyclic) bond motifs is 4. The zero-order valence-electron chi connectivity index (χ0n) is 21.8. The van der Waals surface area contributed by atoms with Crippen LogP contribution in [-0.4, -0.2) is 9.55 Å². The van der Waals surface area contributed by atoms with Crippen LogP contribution >= 0.6 is 0 Å². The number of aromatic nitrogens is 2. The largest absolute Gasteiger partial charge is 0.456 e. The van der Waals surface area contributed by atoms with Crippen molar-refractivity contribution in [3.8, 4) is 28.2 Å². The van der Waals surface area contributed by atoms with E-state index >= 15 is 0 Å². The zero-order chi connectivity index (χ0) is 25.9. The first-order valence-electron chi connectivity index (χ1n) is 13.1. The monoisotopic (exact) mass is 492 g/mol. The van der Waals surface area contributed by atoms with Crippen molar-refractivity contribution in [1.82, 2.24) is 9.55 Å². The summed E-state index contributed by atoms with van der Waals surface area (Å²) < 4.78 is 8.44. The highest BCUT2D eigenvalue weighted by Crippen LogP contribution is 2.38. The zero-order valence-corrected chi connectivity index (χ0v) is 21.8. The number of rotatable bonds is 3. The van der Waals surface area contributed by atoms with Gasteiger partial charge >= 0.3 is 0 Å². The van der Waals surface area contributed by atoms with Crippen molar-refractivity contribution in [3.05, 3.63) is 121 Å². The number of hydrogen-bond donors (Lipinski definition) is 0. The van der Waals surface area contributed by atoms with Crippen LogP contribution in [0.15, 0.2) is 120 Å². The molecule has 0 unspecified atom stereocenters. The summed E-state index contributed by atoms with van der Waals surface area (Å²) in [7, 11) is 0. The minimum absolute atomic E-state index is 0.0759. The molecule has 3 nitrogen and oxygen atoms in total. The lowest BCUT2D eigenvalue weighted by atomic mass is 9.84. The summed E-state index contributed by atoms with van der Waals surface area (Å²) in [5.74, 6) is 0.927. The predicted molar refractivity (Wildman–Crippen MR) is 158 cm³/mol. The lowest BCUT2D eigenvalue weighted by molar-refractivity contribution is 0.587. The minimum Gasteiger partial charge on any atom is -0.456 e. The van der Waals surface area contributed by atoms with E-state index in [-0.39, 0.29) is 5.41 Å². The van der Waals surface area contributed by atoms with Gasteiger partial charge in [-0.3, -0.25) is 4.57 Å². The molecule has 7 rings (SSSR count). The summed E-state index contributed by atoms with van der Waals surface area (Å²) >= 11 is 0. The topological polar surface area (TPSA) is 31.0 Å². The molecule has 0 aliphatic heterocycles. The van der Waals surface area contributed by atoms with E-state index in [2.05, 4.69) is 128 Å². The molecule has 0 amide bonds. The Labute approximate surface area is 222 Å². The van der Waals surface area contributed by atoms with E-state index in [9.17, 15) is 0 Å². The molecule has 0 aliphatic rings. The Morgan fingerprint density at radius 3 is 2.16 bits per heavy atom. The maximum absolute atomic E-state index is 6.11. The van der Waals surface area contributed by atoms with Crippen LogP contribution in [0.4, 0.5) is 0 Å². The smallest absolute Gasteiger partial charge is 0.145 e. The maximum Gasteiger partial charge on any atom is 0.145 e. The molecule has 0 fully saturated rings. The first-order valence-corrected chi connectivity index (χ1v) is 13.1. The standard InChI is InChI=1S/C35H28N2O/c1-35(2,3)28-22-24(23-11-5-4-6-12-23)17-19-30(28)37-31-15-9-8-14-29(31)36-34(37)25-18-20-33-27(21-25)26-13-7-10-16-32(26)38-33/h4-22H,1-3H3. The fourth-order valence-electron chi connectivity index (χ4n) is 5.47. The number of benzene rings is 5. The summed E-state index contributed by atoms with van der Waals surface area (Å²) in [6.45, 7) is 6.84. The molecule has 0 radical (unpaired) electrons. The molecule has 5 aromatic carbocycles. The van der Waals surface area contributed by atoms with Gasteiger partial charge in [0, 0.05) is 16.3 Å². The van der Waals surface area contributed by atoms with Gasteiger partial charge in [0.15, 0.2) is 0 Å². The normalized spacial score (nSPS) is 12.1. The lowest BCUT2D eigenvalue weighted by Crippen LogP contribution is -2.16. The van der Waals surface area contributed by atoms with Gasteiger partial charge < -0.3 is 4.42 Å². The van der Waals surface area contributed by atoms with Gasteiger partial charge in [-0.05, 0) is 70.6 Å². The van der Waals surface area contributed by atoms with Gasteiger partial charge in [0.25, 0.3) is 0 Å². The summed E-state index contributed by atoms with van der Waals surface area (Å²) in [6, 6.07) is 40.4. The Hall–Kier alpha value is -4.63. The van der Waals surface area contributed by atoms with E-state index in [1.807, 2.05) is 12.1 Å². The fraction of sp³-hybridized carbons (Fsp3) is 0.114. The Morgan fingerprint density at radius 2 is 1.32 bits per heavy atom. The van der Waals surface area contributed by atoms with Crippen LogP contribution in [0.5, 0.6) is 0 Å². The average molecular weight is 493 g/mol. The molecule has 0 bridgehead atoms. The van der Waals surface area contributed by atoms with Gasteiger partial charge in [-0.15, -0.1) is 0 Å². The van der Waals surface area contributed by atoms with Crippen molar-refractivity contribution < 1.29 is 4.42 Å². The summed E-state index contributed by atoms with van der Waals surface area (Å²) in [5, 5.41) is 2.22. The number of hydrogen-bond acceptors (Lipinski definition) is 2. The summed E-state index contributed by atoms with van der Waals surface area (Å²) in [6.07, 6.45) is 0. The SMILES string of the molecule is CC(C)(C)c1cc(-c2ccccc2)ccc1-n1c(-c2ccc3oc4ccccc4c3c2)nc2ccccc21. The summed E-state index contributed by atoms with van der Waals surface area (Å²) in [5.41, 5.74) is 9.72. The van der Waals surface area contributed by atoms with Crippen molar-refractivity contribution in [2.24, 2.45) is 0 Å². The van der Waals surface area contributed by atoms with Crippen LogP contribution in [0.2, 0.25) is 0 Å². The quantitative estimate of drug-likeness (QED) is 0.246. The Kier molecular flexibility index (Phi) is 5.02. The third kappa shape index (κ3) is 3.62. The number of furan rings is 1. The van der Waals surface area contributed by atoms with Crippen LogP contribution in [0.1, 0.15) is 26.3 Å². The highest BCUT2D eigenvalue weighted by atomic mass is 16.3. The van der Waals surface area contributed by atoms with Crippen molar-refractivity contribution >= 4 is 33.0 Å². The van der Waals surface area contributed by atoms with E-state index in [1.165, 1.54) is 16.7 Å². The van der Waals surface area contributed by atoms with Crippen LogP contribution < -0.4 is 0 Å². The van der Waals surface area contributed by atoms with Crippen molar-refractivity contribution in [2.75, 3.05) is 0 Å². The van der Waals surface area contributed by atoms with Crippen LogP contribution in [-0.2, 0) is 5.41 Å². The molecular weight excluding hydrogens is 464 g/mol. The molecule has 2 aromatic heterocycles. The van der Waals surface area contributed by atoms with Crippen LogP contribution in [0.25, 0.3) is 61.2 Å². The molecule has 2 heterocycles. The Morgan fingerprint density at radius 1 is 0.605 bits per heavy atom. The van der Waals surface area contributed by atoms with E-state index < -0.39 is 0 Å². The third-order valence-electron chi connectivity index (χ3n) is 7.35. The fourth-order valence-corrected chi connectivity index (χ4v) is 5.47. The molecule has 0 spiro atoms. The molecular formula is C35H28N2O. The molecule has 0 saturated carbocycles. The average Bonchev–Trinajstić information content (AvgIpc) is 3.51. The number of nitrogens with zero attached hydrogens (tertiary/aromatic N) is 2. The van der Waals surface area contributed by atoms with E-state index in [0.717, 1.165) is 50.0 Å². The first-order chi connectivity index (χ1) is 18.5. The Bertz CT molecular complexity index is 1950. The van der Waals surface area contributed by atoms with E-state index in [1.54, 1.807) is 0 Å². The molecule has 3 heteroatoms. The van der Waals surface area contributed by atoms with E-state index in [0.29, 0.717) is 0 Å². The van der Waals surface area contributed by atoms with Gasteiger partial charge in [-0.2, -0.15) is 0 Å². The molecule has 184 valence electrons. The second-order valence-corrected chi connectivity index (χ2v) is 10.9. The first kappa shape index (κ1) is 22.6. The van der Waals surface area contributed by atoms with Crippen molar-refractivity contribution in [1.29, 1.82) is 0 Å². The van der Waals surface area contributed by atoms with Gasteiger partial charge in [0.2, 0.25) is 0 Å². The highest BCUT2D eigenvalue weighted by Gasteiger charge is 2.24. The number of imidazole rings is 1. The van der Waals surface area contributed by atoms with Gasteiger partial charge in [0.05, 0.1) is 16.7 Å². The van der Waals surface area contributed by atoms with Crippen LogP contribution in [0.3, 0.4) is 0 Å². The maximum atomic E-state index is 6.11. The molecule has 38 heavy (non-hydrogen) atoms. The van der Waals surface area contributed by atoms with Crippen molar-refractivity contribution in [2.45, 2.75) is 26.2 Å². The second-order valence-electron chi connectivity index (χ2n) is 10.9. The predicted octanol–water partition coefficient (Wildman–Crippen LogP) is 9.56. The van der Waals surface area contributed by atoms with Gasteiger partial charge in [-0.1, -0.05) is 87.5 Å². The molecule has 0 N–H and O–H groups in total. The summed E-state index contributed by atoms with van der Waals surface area (Å²) in [4.78, 5) is 5.17. The molecule has 7 aromatic rings. The molecule has 0 saturated heterocycles.